The number of aromatic amines is 1. The van der Waals surface area contributed by atoms with Crippen molar-refractivity contribution in [1.82, 2.24) is 30.5 Å². The Bertz CT molecular complexity index is 879. The van der Waals surface area contributed by atoms with E-state index in [-0.39, 0.29) is 24.0 Å². The number of nitrogens with one attached hydrogen (secondary N) is 2. The Balaban J connectivity index is 1.58. The predicted molar refractivity (Wildman–Crippen MR) is 86.0 cm³/mol. The summed E-state index contributed by atoms with van der Waals surface area (Å²) in [6.45, 7) is 0. The molecule has 0 aliphatic heterocycles. The zero-order chi connectivity index (χ0) is 16.7. The van der Waals surface area contributed by atoms with Gasteiger partial charge in [0, 0.05) is 24.4 Å². The lowest BCUT2D eigenvalue weighted by molar-refractivity contribution is 0.0235. The van der Waals surface area contributed by atoms with Crippen LogP contribution in [0.25, 0.3) is 11.0 Å². The number of amides is 1. The summed E-state index contributed by atoms with van der Waals surface area (Å²) in [7, 11) is 1.84. The molecule has 3 N–H and O–H groups in total. The zero-order valence-corrected chi connectivity index (χ0v) is 13.2. The van der Waals surface area contributed by atoms with Crippen molar-refractivity contribution >= 4 is 16.9 Å². The highest BCUT2D eigenvalue weighted by Gasteiger charge is 2.36. The van der Waals surface area contributed by atoms with Gasteiger partial charge in [0.15, 0.2) is 0 Å². The topological polar surface area (TPSA) is 109 Å². The number of rotatable bonds is 4. The van der Waals surface area contributed by atoms with Gasteiger partial charge < -0.3 is 10.4 Å². The highest BCUT2D eigenvalue weighted by molar-refractivity contribution is 5.97. The first-order valence-corrected chi connectivity index (χ1v) is 7.88. The molecule has 24 heavy (non-hydrogen) atoms. The fraction of sp³-hybridized carbons (Fsp3) is 0.375. The number of hydrogen-bond acceptors (Lipinski definition) is 5. The van der Waals surface area contributed by atoms with Crippen LogP contribution in [0.2, 0.25) is 0 Å². The van der Waals surface area contributed by atoms with E-state index in [4.69, 9.17) is 0 Å². The van der Waals surface area contributed by atoms with Gasteiger partial charge in [-0.2, -0.15) is 20.5 Å². The third-order valence-corrected chi connectivity index (χ3v) is 4.57. The van der Waals surface area contributed by atoms with Crippen LogP contribution in [0.1, 0.15) is 34.8 Å². The summed E-state index contributed by atoms with van der Waals surface area (Å²) < 4.78 is 1.71. The summed E-state index contributed by atoms with van der Waals surface area (Å²) in [5.41, 5.74) is 2.85. The molecule has 0 bridgehead atoms. The second-order valence-electron chi connectivity index (χ2n) is 6.31. The maximum atomic E-state index is 12.7. The average molecular weight is 326 g/mol. The number of aryl methyl sites for hydroxylation is 1. The first-order chi connectivity index (χ1) is 11.6. The van der Waals surface area contributed by atoms with Crippen molar-refractivity contribution in [2.24, 2.45) is 13.0 Å². The fourth-order valence-corrected chi connectivity index (χ4v) is 3.18. The van der Waals surface area contributed by atoms with E-state index in [1.807, 2.05) is 13.2 Å². The summed E-state index contributed by atoms with van der Waals surface area (Å²) in [4.78, 5) is 12.7. The van der Waals surface area contributed by atoms with E-state index >= 15 is 0 Å². The van der Waals surface area contributed by atoms with Crippen LogP contribution in [0.3, 0.4) is 0 Å². The van der Waals surface area contributed by atoms with Gasteiger partial charge in [-0.3, -0.25) is 9.48 Å². The van der Waals surface area contributed by atoms with Gasteiger partial charge in [-0.05, 0) is 37.0 Å². The maximum absolute atomic E-state index is 12.7. The van der Waals surface area contributed by atoms with Crippen molar-refractivity contribution in [3.8, 4) is 0 Å². The molecular weight excluding hydrogens is 308 g/mol. The van der Waals surface area contributed by atoms with Crippen LogP contribution in [-0.2, 0) is 7.05 Å². The molecule has 124 valence electrons. The minimum Gasteiger partial charge on any atom is -0.393 e. The Labute approximate surface area is 137 Å². The molecule has 2 heterocycles. The molecule has 1 atom stereocenters. The summed E-state index contributed by atoms with van der Waals surface area (Å²) in [5, 5.41) is 27.4. The SMILES string of the molecule is Cn1cc([C@@H](NC(=O)c2ccc3n[nH]nc3c2)C2CC(O)C2)cn1. The van der Waals surface area contributed by atoms with E-state index in [0.717, 1.165) is 11.1 Å². The monoisotopic (exact) mass is 326 g/mol. The number of nitrogens with zero attached hydrogens (tertiary/aromatic N) is 4. The van der Waals surface area contributed by atoms with Gasteiger partial charge in [0.25, 0.3) is 5.91 Å². The number of hydrogen-bond donors (Lipinski definition) is 3. The number of aromatic nitrogens is 5. The van der Waals surface area contributed by atoms with Crippen molar-refractivity contribution < 1.29 is 9.90 Å². The Morgan fingerprint density at radius 2 is 2.17 bits per heavy atom. The molecule has 1 amide bonds. The van der Waals surface area contributed by atoms with Crippen LogP contribution in [0.15, 0.2) is 30.6 Å². The molecule has 0 unspecified atom stereocenters. The number of benzene rings is 1. The van der Waals surface area contributed by atoms with Crippen molar-refractivity contribution in [2.75, 3.05) is 0 Å². The predicted octanol–water partition coefficient (Wildman–Crippen LogP) is 0.933. The smallest absolute Gasteiger partial charge is 0.251 e. The summed E-state index contributed by atoms with van der Waals surface area (Å²) in [6.07, 6.45) is 4.75. The molecule has 1 aromatic carbocycles. The van der Waals surface area contributed by atoms with Crippen LogP contribution >= 0.6 is 0 Å². The van der Waals surface area contributed by atoms with Gasteiger partial charge in [0.1, 0.15) is 11.0 Å². The Kier molecular flexibility index (Phi) is 3.53. The van der Waals surface area contributed by atoms with Crippen LogP contribution in [0.5, 0.6) is 0 Å². The lowest BCUT2D eigenvalue weighted by Gasteiger charge is -2.37. The van der Waals surface area contributed by atoms with Crippen molar-refractivity contribution in [3.63, 3.8) is 0 Å². The molecule has 1 aliphatic rings. The van der Waals surface area contributed by atoms with E-state index in [1.54, 1.807) is 29.1 Å². The Morgan fingerprint density at radius 3 is 2.88 bits per heavy atom. The molecule has 1 aliphatic carbocycles. The largest absolute Gasteiger partial charge is 0.393 e. The van der Waals surface area contributed by atoms with Gasteiger partial charge in [-0.1, -0.05) is 0 Å². The maximum Gasteiger partial charge on any atom is 0.251 e. The zero-order valence-electron chi connectivity index (χ0n) is 13.2. The number of aliphatic hydroxyl groups is 1. The number of carbonyl (C=O) groups excluding carboxylic acids is 1. The molecule has 1 saturated carbocycles. The van der Waals surface area contributed by atoms with Gasteiger partial charge >= 0.3 is 0 Å². The van der Waals surface area contributed by atoms with Crippen molar-refractivity contribution in [2.45, 2.75) is 25.0 Å². The summed E-state index contributed by atoms with van der Waals surface area (Å²) in [6, 6.07) is 5.04. The third kappa shape index (κ3) is 2.65. The number of fused-ring (bicyclic) bond motifs is 1. The molecule has 2 aromatic heterocycles. The highest BCUT2D eigenvalue weighted by atomic mass is 16.3. The van der Waals surface area contributed by atoms with Gasteiger partial charge in [-0.25, -0.2) is 0 Å². The standard InChI is InChI=1S/C16H18N6O2/c1-22-8-11(7-17-22)15(10-4-12(23)5-10)18-16(24)9-2-3-13-14(6-9)20-21-19-13/h2-3,6-8,10,12,15,23H,4-5H2,1H3,(H,18,24)(H,19,20,21)/t10?,12?,15-/m0/s1. The molecule has 4 rings (SSSR count). The van der Waals surface area contributed by atoms with Gasteiger partial charge in [-0.15, -0.1) is 0 Å². The molecule has 1 fully saturated rings. The molecular formula is C16H18N6O2. The van der Waals surface area contributed by atoms with Crippen LogP contribution in [-0.4, -0.2) is 42.3 Å². The quantitative estimate of drug-likeness (QED) is 0.661. The summed E-state index contributed by atoms with van der Waals surface area (Å²) in [5.74, 6) is 0.0408. The fourth-order valence-electron chi connectivity index (χ4n) is 3.18. The molecule has 8 nitrogen and oxygen atoms in total. The van der Waals surface area contributed by atoms with Crippen LogP contribution < -0.4 is 5.32 Å². The Morgan fingerprint density at radius 1 is 1.38 bits per heavy atom. The van der Waals surface area contributed by atoms with Crippen molar-refractivity contribution in [3.05, 3.63) is 41.7 Å². The first-order valence-electron chi connectivity index (χ1n) is 7.88. The Hall–Kier alpha value is -2.74. The number of aliphatic hydroxyl groups excluding tert-OH is 1. The minimum absolute atomic E-state index is 0.164. The second kappa shape index (κ2) is 5.72. The lowest BCUT2D eigenvalue weighted by Crippen LogP contribution is -2.41. The highest BCUT2D eigenvalue weighted by Crippen LogP contribution is 2.38. The van der Waals surface area contributed by atoms with E-state index in [2.05, 4.69) is 25.8 Å². The van der Waals surface area contributed by atoms with Crippen LogP contribution in [0.4, 0.5) is 0 Å². The minimum atomic E-state index is -0.280. The normalized spacial score (nSPS) is 21.4. The number of H-pyrrole nitrogens is 1. The van der Waals surface area contributed by atoms with Crippen LogP contribution in [0, 0.1) is 5.92 Å². The van der Waals surface area contributed by atoms with E-state index in [0.29, 0.717) is 23.9 Å². The molecule has 8 heteroatoms. The second-order valence-corrected chi connectivity index (χ2v) is 6.31. The third-order valence-electron chi connectivity index (χ3n) is 4.57. The summed E-state index contributed by atoms with van der Waals surface area (Å²) >= 11 is 0. The lowest BCUT2D eigenvalue weighted by atomic mass is 9.75. The van der Waals surface area contributed by atoms with Gasteiger partial charge in [0.05, 0.1) is 18.3 Å². The molecule has 3 aromatic rings. The van der Waals surface area contributed by atoms with E-state index in [1.165, 1.54) is 0 Å². The van der Waals surface area contributed by atoms with E-state index in [9.17, 15) is 9.90 Å². The number of carbonyl (C=O) groups is 1. The molecule has 0 radical (unpaired) electrons. The molecule has 0 saturated heterocycles. The average Bonchev–Trinajstić information content (AvgIpc) is 3.17. The molecule has 0 spiro atoms. The van der Waals surface area contributed by atoms with E-state index < -0.39 is 0 Å². The van der Waals surface area contributed by atoms with Gasteiger partial charge in [0.2, 0.25) is 0 Å². The first kappa shape index (κ1) is 14.8. The van der Waals surface area contributed by atoms with Crippen molar-refractivity contribution in [1.29, 1.82) is 0 Å².